The summed E-state index contributed by atoms with van der Waals surface area (Å²) < 4.78 is 5.41. The number of nitrogens with zero attached hydrogens (tertiary/aromatic N) is 2. The summed E-state index contributed by atoms with van der Waals surface area (Å²) in [6.07, 6.45) is 3.84. The molecule has 1 aromatic carbocycles. The Balaban J connectivity index is 1.72. The van der Waals surface area contributed by atoms with Gasteiger partial charge in [0.15, 0.2) is 5.78 Å². The summed E-state index contributed by atoms with van der Waals surface area (Å²) in [6.45, 7) is 6.64. The number of pyridine rings is 1. The Bertz CT molecular complexity index is 720. The lowest BCUT2D eigenvalue weighted by Gasteiger charge is -2.31. The fourth-order valence-electron chi connectivity index (χ4n) is 3.78. The molecule has 3 rings (SSSR count). The van der Waals surface area contributed by atoms with Crippen LogP contribution in [0.25, 0.3) is 0 Å². The van der Waals surface area contributed by atoms with Gasteiger partial charge in [0.1, 0.15) is 5.75 Å². The highest BCUT2D eigenvalue weighted by atomic mass is 16.5. The van der Waals surface area contributed by atoms with Crippen molar-refractivity contribution in [1.82, 2.24) is 9.88 Å². The minimum absolute atomic E-state index is 0.0599. The molecule has 4 heteroatoms. The number of carbonyl (C=O) groups is 1. The Hall–Kier alpha value is -2.20. The van der Waals surface area contributed by atoms with E-state index in [-0.39, 0.29) is 11.7 Å². The number of ether oxygens (including phenoxy) is 1. The highest BCUT2D eigenvalue weighted by molar-refractivity contribution is 5.98. The predicted molar refractivity (Wildman–Crippen MR) is 99.0 cm³/mol. The molecule has 1 aromatic heterocycles. The topological polar surface area (TPSA) is 42.4 Å². The molecule has 0 bridgehead atoms. The van der Waals surface area contributed by atoms with E-state index in [2.05, 4.69) is 9.88 Å². The minimum atomic E-state index is 0.0599. The van der Waals surface area contributed by atoms with E-state index in [1.165, 1.54) is 0 Å². The summed E-state index contributed by atoms with van der Waals surface area (Å²) in [5, 5.41) is 0. The van der Waals surface area contributed by atoms with E-state index in [1.807, 2.05) is 50.4 Å². The van der Waals surface area contributed by atoms with Gasteiger partial charge < -0.3 is 4.74 Å². The maximum atomic E-state index is 13.0. The summed E-state index contributed by atoms with van der Waals surface area (Å²) in [5.41, 5.74) is 3.91. The molecular formula is C21H26N2O2. The first-order valence-corrected chi connectivity index (χ1v) is 8.90. The zero-order valence-corrected chi connectivity index (χ0v) is 15.3. The van der Waals surface area contributed by atoms with Crippen LogP contribution in [0, 0.1) is 19.8 Å². The molecule has 1 aliphatic heterocycles. The first kappa shape index (κ1) is 17.6. The molecule has 2 heterocycles. The lowest BCUT2D eigenvalue weighted by atomic mass is 9.88. The molecule has 1 fully saturated rings. The average molecular weight is 338 g/mol. The van der Waals surface area contributed by atoms with Crippen molar-refractivity contribution in [3.8, 4) is 5.75 Å². The second-order valence-electron chi connectivity index (χ2n) is 6.90. The Morgan fingerprint density at radius 3 is 2.68 bits per heavy atom. The van der Waals surface area contributed by atoms with Crippen LogP contribution < -0.4 is 4.74 Å². The number of Topliss-reactive ketones (excluding diaryl/α,β-unsaturated/α-hetero) is 1. The van der Waals surface area contributed by atoms with Crippen molar-refractivity contribution in [2.75, 3.05) is 20.2 Å². The molecule has 0 unspecified atom stereocenters. The molecular weight excluding hydrogens is 312 g/mol. The first-order valence-electron chi connectivity index (χ1n) is 8.90. The second-order valence-corrected chi connectivity index (χ2v) is 6.90. The summed E-state index contributed by atoms with van der Waals surface area (Å²) >= 11 is 0. The standard InChI is InChI=1S/C21H26N2O2/c1-15-11-18(12-16(2)21(15)25-3)20(24)17-7-6-10-23(13-17)14-19-8-4-5-9-22-19/h4-5,8-9,11-12,17H,6-7,10,13-14H2,1-3H3/t17-/m0/s1. The van der Waals surface area contributed by atoms with Gasteiger partial charge >= 0.3 is 0 Å². The Kier molecular flexibility index (Phi) is 5.49. The van der Waals surface area contributed by atoms with Gasteiger partial charge in [-0.25, -0.2) is 0 Å². The van der Waals surface area contributed by atoms with Crippen molar-refractivity contribution in [2.45, 2.75) is 33.2 Å². The van der Waals surface area contributed by atoms with Crippen LogP contribution in [0.3, 0.4) is 0 Å². The molecule has 1 aliphatic rings. The number of carbonyl (C=O) groups excluding carboxylic acids is 1. The predicted octanol–water partition coefficient (Wildman–Crippen LogP) is 3.80. The number of rotatable bonds is 5. The highest BCUT2D eigenvalue weighted by Gasteiger charge is 2.27. The lowest BCUT2D eigenvalue weighted by molar-refractivity contribution is 0.0810. The molecule has 25 heavy (non-hydrogen) atoms. The van der Waals surface area contributed by atoms with E-state index >= 15 is 0 Å². The SMILES string of the molecule is COc1c(C)cc(C(=O)[C@H]2CCCN(Cc3ccccn3)C2)cc1C. The van der Waals surface area contributed by atoms with E-state index in [1.54, 1.807) is 7.11 Å². The van der Waals surface area contributed by atoms with Gasteiger partial charge in [0.05, 0.1) is 12.8 Å². The third-order valence-electron chi connectivity index (χ3n) is 4.94. The van der Waals surface area contributed by atoms with Crippen LogP contribution in [0.5, 0.6) is 5.75 Å². The number of benzene rings is 1. The molecule has 0 spiro atoms. The van der Waals surface area contributed by atoms with E-state index < -0.39 is 0 Å². The van der Waals surface area contributed by atoms with Gasteiger partial charge in [-0.3, -0.25) is 14.7 Å². The maximum Gasteiger partial charge on any atom is 0.167 e. The summed E-state index contributed by atoms with van der Waals surface area (Å²) in [6, 6.07) is 9.91. The largest absolute Gasteiger partial charge is 0.496 e. The van der Waals surface area contributed by atoms with Crippen LogP contribution in [-0.2, 0) is 6.54 Å². The first-order chi connectivity index (χ1) is 12.1. The molecule has 1 atom stereocenters. The monoisotopic (exact) mass is 338 g/mol. The van der Waals surface area contributed by atoms with Gasteiger partial charge in [0.25, 0.3) is 0 Å². The van der Waals surface area contributed by atoms with Gasteiger partial charge in [-0.1, -0.05) is 6.07 Å². The van der Waals surface area contributed by atoms with Crippen molar-refractivity contribution in [3.63, 3.8) is 0 Å². The smallest absolute Gasteiger partial charge is 0.167 e. The number of ketones is 1. The molecule has 2 aromatic rings. The van der Waals surface area contributed by atoms with Gasteiger partial charge in [-0.05, 0) is 68.6 Å². The van der Waals surface area contributed by atoms with E-state index in [0.29, 0.717) is 0 Å². The van der Waals surface area contributed by atoms with Crippen molar-refractivity contribution in [2.24, 2.45) is 5.92 Å². The van der Waals surface area contributed by atoms with Crippen molar-refractivity contribution in [3.05, 3.63) is 58.9 Å². The summed E-state index contributed by atoms with van der Waals surface area (Å²) in [7, 11) is 1.67. The fourth-order valence-corrected chi connectivity index (χ4v) is 3.78. The number of methoxy groups -OCH3 is 1. The quantitative estimate of drug-likeness (QED) is 0.778. The van der Waals surface area contributed by atoms with Gasteiger partial charge in [-0.2, -0.15) is 0 Å². The van der Waals surface area contributed by atoms with Crippen LogP contribution in [0.1, 0.15) is 40.0 Å². The molecule has 0 aliphatic carbocycles. The number of piperidine rings is 1. The summed E-state index contributed by atoms with van der Waals surface area (Å²) in [5.74, 6) is 1.18. The molecule has 132 valence electrons. The van der Waals surface area contributed by atoms with E-state index in [9.17, 15) is 4.79 Å². The van der Waals surface area contributed by atoms with Crippen LogP contribution in [0.4, 0.5) is 0 Å². The van der Waals surface area contributed by atoms with Gasteiger partial charge in [0.2, 0.25) is 0 Å². The highest BCUT2D eigenvalue weighted by Crippen LogP contribution is 2.28. The number of hydrogen-bond donors (Lipinski definition) is 0. The van der Waals surface area contributed by atoms with Crippen LogP contribution in [0.2, 0.25) is 0 Å². The fraction of sp³-hybridized carbons (Fsp3) is 0.429. The third-order valence-corrected chi connectivity index (χ3v) is 4.94. The lowest BCUT2D eigenvalue weighted by Crippen LogP contribution is -2.38. The van der Waals surface area contributed by atoms with Crippen LogP contribution in [0.15, 0.2) is 36.5 Å². The molecule has 4 nitrogen and oxygen atoms in total. The second kappa shape index (κ2) is 7.79. The molecule has 0 N–H and O–H groups in total. The van der Waals surface area contributed by atoms with Crippen molar-refractivity contribution < 1.29 is 9.53 Å². The molecule has 0 amide bonds. The minimum Gasteiger partial charge on any atom is -0.496 e. The molecule has 0 radical (unpaired) electrons. The number of aromatic nitrogens is 1. The average Bonchev–Trinajstić information content (AvgIpc) is 2.62. The van der Waals surface area contributed by atoms with Crippen molar-refractivity contribution >= 4 is 5.78 Å². The van der Waals surface area contributed by atoms with E-state index in [0.717, 1.165) is 60.6 Å². The van der Waals surface area contributed by atoms with Crippen LogP contribution in [-0.4, -0.2) is 35.9 Å². The van der Waals surface area contributed by atoms with Gasteiger partial charge in [-0.15, -0.1) is 0 Å². The van der Waals surface area contributed by atoms with Gasteiger partial charge in [0, 0.05) is 30.8 Å². The van der Waals surface area contributed by atoms with E-state index in [4.69, 9.17) is 4.74 Å². The maximum absolute atomic E-state index is 13.0. The molecule has 0 saturated carbocycles. The third kappa shape index (κ3) is 4.07. The van der Waals surface area contributed by atoms with Crippen LogP contribution >= 0.6 is 0 Å². The number of hydrogen-bond acceptors (Lipinski definition) is 4. The zero-order valence-electron chi connectivity index (χ0n) is 15.3. The Labute approximate surface area is 149 Å². The summed E-state index contributed by atoms with van der Waals surface area (Å²) in [4.78, 5) is 19.8. The zero-order chi connectivity index (χ0) is 17.8. The number of aryl methyl sites for hydroxylation is 2. The molecule has 1 saturated heterocycles. The Morgan fingerprint density at radius 1 is 1.28 bits per heavy atom. The number of likely N-dealkylation sites (tertiary alicyclic amines) is 1. The Morgan fingerprint density at radius 2 is 2.04 bits per heavy atom. The normalized spacial score (nSPS) is 18.1. The van der Waals surface area contributed by atoms with Crippen molar-refractivity contribution in [1.29, 1.82) is 0 Å².